The summed E-state index contributed by atoms with van der Waals surface area (Å²) in [6.45, 7) is 0.769. The highest BCUT2D eigenvalue weighted by atomic mass is 16.3. The molecule has 2 rings (SSSR count). The lowest BCUT2D eigenvalue weighted by Crippen LogP contribution is -2.27. The quantitative estimate of drug-likeness (QED) is 0.743. The maximum absolute atomic E-state index is 12.0. The highest BCUT2D eigenvalue weighted by Crippen LogP contribution is 2.15. The number of aliphatic hydroxyl groups is 1. The first kappa shape index (κ1) is 14.0. The molecular weight excluding hydrogens is 254 g/mol. The SMILES string of the molecule is O=C(NCCO)c1ccccc1NCc1cccnc1. The highest BCUT2D eigenvalue weighted by molar-refractivity contribution is 5.99. The van der Waals surface area contributed by atoms with Crippen LogP contribution in [0.15, 0.2) is 48.8 Å². The maximum atomic E-state index is 12.0. The fraction of sp³-hybridized carbons (Fsp3) is 0.200. The molecule has 3 N–H and O–H groups in total. The molecule has 0 aliphatic carbocycles. The van der Waals surface area contributed by atoms with Gasteiger partial charge in [0.25, 0.3) is 5.91 Å². The number of amides is 1. The van der Waals surface area contributed by atoms with Crippen LogP contribution >= 0.6 is 0 Å². The van der Waals surface area contributed by atoms with Crippen LogP contribution in [0.25, 0.3) is 0 Å². The van der Waals surface area contributed by atoms with E-state index in [1.165, 1.54) is 0 Å². The summed E-state index contributed by atoms with van der Waals surface area (Å²) in [7, 11) is 0. The number of nitrogens with zero attached hydrogens (tertiary/aromatic N) is 1. The minimum atomic E-state index is -0.201. The van der Waals surface area contributed by atoms with E-state index in [0.29, 0.717) is 12.1 Å². The monoisotopic (exact) mass is 271 g/mol. The molecule has 1 aromatic heterocycles. The van der Waals surface area contributed by atoms with E-state index in [4.69, 9.17) is 5.11 Å². The van der Waals surface area contributed by atoms with Crippen LogP contribution in [-0.4, -0.2) is 29.1 Å². The smallest absolute Gasteiger partial charge is 0.253 e. The van der Waals surface area contributed by atoms with Gasteiger partial charge in [0.1, 0.15) is 0 Å². The second-order valence-electron chi connectivity index (χ2n) is 4.24. The molecular formula is C15H17N3O2. The molecule has 0 fully saturated rings. The van der Waals surface area contributed by atoms with Crippen LogP contribution in [0.4, 0.5) is 5.69 Å². The predicted octanol–water partition coefficient (Wildman–Crippen LogP) is 1.42. The van der Waals surface area contributed by atoms with Gasteiger partial charge in [-0.05, 0) is 23.8 Å². The normalized spacial score (nSPS) is 10.1. The van der Waals surface area contributed by atoms with Gasteiger partial charge in [-0.2, -0.15) is 0 Å². The zero-order valence-electron chi connectivity index (χ0n) is 11.0. The van der Waals surface area contributed by atoms with E-state index in [1.54, 1.807) is 18.5 Å². The molecule has 0 unspecified atom stereocenters. The molecule has 20 heavy (non-hydrogen) atoms. The predicted molar refractivity (Wildman–Crippen MR) is 77.4 cm³/mol. The van der Waals surface area contributed by atoms with E-state index in [-0.39, 0.29) is 19.1 Å². The molecule has 104 valence electrons. The average molecular weight is 271 g/mol. The van der Waals surface area contributed by atoms with Crippen molar-refractivity contribution in [2.75, 3.05) is 18.5 Å². The minimum absolute atomic E-state index is 0.0724. The second-order valence-corrected chi connectivity index (χ2v) is 4.24. The van der Waals surface area contributed by atoms with Gasteiger partial charge in [0.05, 0.1) is 12.2 Å². The lowest BCUT2D eigenvalue weighted by atomic mass is 10.1. The van der Waals surface area contributed by atoms with E-state index in [1.807, 2.05) is 30.3 Å². The Kier molecular flexibility index (Phi) is 5.08. The van der Waals surface area contributed by atoms with Crippen LogP contribution in [-0.2, 0) is 6.54 Å². The molecule has 1 heterocycles. The Morgan fingerprint density at radius 2 is 2.05 bits per heavy atom. The Balaban J connectivity index is 2.06. The third-order valence-corrected chi connectivity index (χ3v) is 2.77. The molecule has 1 amide bonds. The first-order chi connectivity index (χ1) is 9.81. The van der Waals surface area contributed by atoms with Gasteiger partial charge in [-0.1, -0.05) is 18.2 Å². The summed E-state index contributed by atoms with van der Waals surface area (Å²) in [6.07, 6.45) is 3.50. The molecule has 5 nitrogen and oxygen atoms in total. The van der Waals surface area contributed by atoms with Crippen molar-refractivity contribution in [3.63, 3.8) is 0 Å². The molecule has 1 aromatic carbocycles. The largest absolute Gasteiger partial charge is 0.395 e. The summed E-state index contributed by atoms with van der Waals surface area (Å²) in [6, 6.07) is 11.1. The molecule has 0 bridgehead atoms. The van der Waals surface area contributed by atoms with Gasteiger partial charge in [-0.15, -0.1) is 0 Å². The average Bonchev–Trinajstić information content (AvgIpc) is 2.52. The molecule has 0 saturated carbocycles. The number of carbonyl (C=O) groups is 1. The second kappa shape index (κ2) is 7.25. The number of aliphatic hydroxyl groups excluding tert-OH is 1. The fourth-order valence-electron chi connectivity index (χ4n) is 1.80. The summed E-state index contributed by atoms with van der Waals surface area (Å²) in [5.74, 6) is -0.201. The summed E-state index contributed by atoms with van der Waals surface area (Å²) >= 11 is 0. The number of benzene rings is 1. The number of para-hydroxylation sites is 1. The van der Waals surface area contributed by atoms with Crippen molar-refractivity contribution in [3.8, 4) is 0 Å². The molecule has 2 aromatic rings. The number of aromatic nitrogens is 1. The first-order valence-corrected chi connectivity index (χ1v) is 6.42. The fourth-order valence-corrected chi connectivity index (χ4v) is 1.80. The van der Waals surface area contributed by atoms with Crippen LogP contribution in [0.3, 0.4) is 0 Å². The number of hydrogen-bond donors (Lipinski definition) is 3. The number of hydrogen-bond acceptors (Lipinski definition) is 4. The molecule has 0 aliphatic heterocycles. The Morgan fingerprint density at radius 3 is 2.80 bits per heavy atom. The molecule has 0 atom stereocenters. The van der Waals surface area contributed by atoms with Gasteiger partial charge in [-0.25, -0.2) is 0 Å². The van der Waals surface area contributed by atoms with Crippen molar-refractivity contribution in [2.24, 2.45) is 0 Å². The summed E-state index contributed by atoms with van der Waals surface area (Å²) in [5, 5.41) is 14.6. The van der Waals surface area contributed by atoms with Crippen molar-refractivity contribution < 1.29 is 9.90 Å². The van der Waals surface area contributed by atoms with E-state index in [2.05, 4.69) is 15.6 Å². The highest BCUT2D eigenvalue weighted by Gasteiger charge is 2.09. The maximum Gasteiger partial charge on any atom is 0.253 e. The molecule has 0 radical (unpaired) electrons. The molecule has 0 saturated heterocycles. The van der Waals surface area contributed by atoms with E-state index >= 15 is 0 Å². The van der Waals surface area contributed by atoms with E-state index in [9.17, 15) is 4.79 Å². The Hall–Kier alpha value is -2.40. The summed E-state index contributed by atoms with van der Waals surface area (Å²) in [4.78, 5) is 16.0. The van der Waals surface area contributed by atoms with Crippen molar-refractivity contribution in [3.05, 3.63) is 59.9 Å². The minimum Gasteiger partial charge on any atom is -0.395 e. The van der Waals surface area contributed by atoms with Crippen molar-refractivity contribution in [2.45, 2.75) is 6.54 Å². The zero-order chi connectivity index (χ0) is 14.2. The van der Waals surface area contributed by atoms with Crippen molar-refractivity contribution >= 4 is 11.6 Å². The third kappa shape index (κ3) is 3.80. The lowest BCUT2D eigenvalue weighted by Gasteiger charge is -2.11. The summed E-state index contributed by atoms with van der Waals surface area (Å²) < 4.78 is 0. The van der Waals surface area contributed by atoms with Crippen molar-refractivity contribution in [1.29, 1.82) is 0 Å². The van der Waals surface area contributed by atoms with Crippen LogP contribution in [0.5, 0.6) is 0 Å². The van der Waals surface area contributed by atoms with Gasteiger partial charge in [-0.3, -0.25) is 9.78 Å². The number of nitrogens with one attached hydrogen (secondary N) is 2. The van der Waals surface area contributed by atoms with Gasteiger partial charge in [0.15, 0.2) is 0 Å². The molecule has 5 heteroatoms. The van der Waals surface area contributed by atoms with Gasteiger partial charge in [0.2, 0.25) is 0 Å². The Bertz CT molecular complexity index is 558. The van der Waals surface area contributed by atoms with Crippen LogP contribution in [0.2, 0.25) is 0 Å². The van der Waals surface area contributed by atoms with E-state index in [0.717, 1.165) is 11.3 Å². The Morgan fingerprint density at radius 1 is 1.20 bits per heavy atom. The number of rotatable bonds is 6. The molecule has 0 aliphatic rings. The van der Waals surface area contributed by atoms with Crippen molar-refractivity contribution in [1.82, 2.24) is 10.3 Å². The topological polar surface area (TPSA) is 74.2 Å². The third-order valence-electron chi connectivity index (χ3n) is 2.77. The molecule has 0 spiro atoms. The van der Waals surface area contributed by atoms with Gasteiger partial charge < -0.3 is 15.7 Å². The number of anilines is 1. The van der Waals surface area contributed by atoms with Crippen LogP contribution in [0, 0.1) is 0 Å². The Labute approximate surface area is 117 Å². The zero-order valence-corrected chi connectivity index (χ0v) is 11.0. The van der Waals surface area contributed by atoms with E-state index < -0.39 is 0 Å². The van der Waals surface area contributed by atoms with Crippen LogP contribution < -0.4 is 10.6 Å². The van der Waals surface area contributed by atoms with Gasteiger partial charge in [0, 0.05) is 31.2 Å². The van der Waals surface area contributed by atoms with Gasteiger partial charge >= 0.3 is 0 Å². The standard InChI is InChI=1S/C15H17N3O2/c19-9-8-17-15(20)13-5-1-2-6-14(13)18-11-12-4-3-7-16-10-12/h1-7,10,18-19H,8-9,11H2,(H,17,20). The summed E-state index contributed by atoms with van der Waals surface area (Å²) in [5.41, 5.74) is 2.36. The number of carbonyl (C=O) groups excluding carboxylic acids is 1. The number of pyridine rings is 1. The van der Waals surface area contributed by atoms with Crippen LogP contribution in [0.1, 0.15) is 15.9 Å². The lowest BCUT2D eigenvalue weighted by molar-refractivity contribution is 0.0945. The first-order valence-electron chi connectivity index (χ1n) is 6.42.